The zero-order chi connectivity index (χ0) is 18.5. The van der Waals surface area contributed by atoms with Crippen LogP contribution in [0.2, 0.25) is 10.0 Å². The second-order valence-electron chi connectivity index (χ2n) is 5.32. The van der Waals surface area contributed by atoms with E-state index < -0.39 is 5.91 Å². The summed E-state index contributed by atoms with van der Waals surface area (Å²) < 4.78 is 5.69. The Hall–Kier alpha value is -3.00. The van der Waals surface area contributed by atoms with Gasteiger partial charge in [-0.15, -0.1) is 0 Å². The van der Waals surface area contributed by atoms with Crippen LogP contribution in [0, 0.1) is 11.3 Å². The lowest BCUT2D eigenvalue weighted by Crippen LogP contribution is -2.13. The predicted molar refractivity (Wildman–Crippen MR) is 103 cm³/mol. The number of anilines is 1. The highest BCUT2D eigenvalue weighted by Crippen LogP contribution is 2.26. The Morgan fingerprint density at radius 2 is 1.85 bits per heavy atom. The van der Waals surface area contributed by atoms with E-state index in [2.05, 4.69) is 5.32 Å². The molecule has 1 aromatic heterocycles. The molecule has 26 heavy (non-hydrogen) atoms. The molecule has 2 aromatic carbocycles. The highest BCUT2D eigenvalue weighted by molar-refractivity contribution is 6.36. The molecule has 3 rings (SSSR count). The van der Waals surface area contributed by atoms with Gasteiger partial charge in [-0.05, 0) is 30.3 Å². The summed E-state index contributed by atoms with van der Waals surface area (Å²) in [5.74, 6) is 0.439. The fourth-order valence-corrected chi connectivity index (χ4v) is 2.60. The monoisotopic (exact) mass is 382 g/mol. The van der Waals surface area contributed by atoms with E-state index in [0.29, 0.717) is 27.3 Å². The molecule has 6 heteroatoms. The third-order valence-corrected chi connectivity index (χ3v) is 4.08. The van der Waals surface area contributed by atoms with Crippen molar-refractivity contribution in [1.82, 2.24) is 0 Å². The summed E-state index contributed by atoms with van der Waals surface area (Å²) >= 11 is 11.9. The second kappa shape index (κ2) is 7.92. The molecule has 0 unspecified atom stereocenters. The molecule has 0 spiro atoms. The number of carbonyl (C=O) groups is 1. The minimum absolute atomic E-state index is 0.116. The lowest BCUT2D eigenvalue weighted by Gasteiger charge is -2.06. The van der Waals surface area contributed by atoms with Gasteiger partial charge in [-0.1, -0.05) is 53.5 Å². The van der Waals surface area contributed by atoms with E-state index in [1.165, 1.54) is 12.1 Å². The lowest BCUT2D eigenvalue weighted by atomic mass is 10.2. The summed E-state index contributed by atoms with van der Waals surface area (Å²) in [7, 11) is 0. The number of amides is 1. The maximum Gasteiger partial charge on any atom is 0.266 e. The lowest BCUT2D eigenvalue weighted by molar-refractivity contribution is -0.112. The fourth-order valence-electron chi connectivity index (χ4n) is 2.26. The van der Waals surface area contributed by atoms with E-state index in [1.807, 2.05) is 36.4 Å². The molecule has 0 fully saturated rings. The van der Waals surface area contributed by atoms with Crippen molar-refractivity contribution in [1.29, 1.82) is 5.26 Å². The average molecular weight is 383 g/mol. The second-order valence-corrected chi connectivity index (χ2v) is 6.16. The molecule has 0 aliphatic rings. The zero-order valence-corrected chi connectivity index (χ0v) is 14.9. The summed E-state index contributed by atoms with van der Waals surface area (Å²) in [4.78, 5) is 12.3. The van der Waals surface area contributed by atoms with Crippen LogP contribution in [0.3, 0.4) is 0 Å². The van der Waals surface area contributed by atoms with Crippen LogP contribution < -0.4 is 5.32 Å². The van der Waals surface area contributed by atoms with Crippen LogP contribution in [-0.4, -0.2) is 5.91 Å². The van der Waals surface area contributed by atoms with Gasteiger partial charge in [0.15, 0.2) is 0 Å². The van der Waals surface area contributed by atoms with E-state index in [0.717, 1.165) is 5.56 Å². The van der Waals surface area contributed by atoms with Crippen molar-refractivity contribution >= 4 is 40.9 Å². The number of hydrogen-bond acceptors (Lipinski definition) is 3. The Bertz CT molecular complexity index is 1020. The molecular formula is C20H12Cl2N2O2. The maximum absolute atomic E-state index is 12.3. The number of furan rings is 1. The molecule has 0 atom stereocenters. The Labute approximate surface area is 160 Å². The molecule has 0 aliphatic heterocycles. The normalized spacial score (nSPS) is 11.0. The van der Waals surface area contributed by atoms with E-state index in [-0.39, 0.29) is 5.57 Å². The first kappa shape index (κ1) is 17.8. The van der Waals surface area contributed by atoms with E-state index in [1.54, 1.807) is 24.3 Å². The van der Waals surface area contributed by atoms with Gasteiger partial charge in [0, 0.05) is 16.7 Å². The molecule has 1 N–H and O–H groups in total. The molecule has 4 nitrogen and oxygen atoms in total. The fraction of sp³-hybridized carbons (Fsp3) is 0. The Balaban J connectivity index is 1.82. The number of nitrogens with one attached hydrogen (secondary N) is 1. The summed E-state index contributed by atoms with van der Waals surface area (Å²) in [6.07, 6.45) is 1.38. The van der Waals surface area contributed by atoms with Crippen LogP contribution >= 0.6 is 23.2 Å². The van der Waals surface area contributed by atoms with Crippen LogP contribution in [0.5, 0.6) is 0 Å². The number of hydrogen-bond donors (Lipinski definition) is 1. The minimum atomic E-state index is -0.602. The van der Waals surface area contributed by atoms with Gasteiger partial charge >= 0.3 is 0 Å². The van der Waals surface area contributed by atoms with E-state index >= 15 is 0 Å². The molecule has 0 saturated heterocycles. The van der Waals surface area contributed by atoms with E-state index in [9.17, 15) is 10.1 Å². The van der Waals surface area contributed by atoms with Crippen molar-refractivity contribution in [3.8, 4) is 17.4 Å². The molecular weight excluding hydrogens is 371 g/mol. The van der Waals surface area contributed by atoms with Crippen molar-refractivity contribution in [2.75, 3.05) is 5.32 Å². The first-order chi connectivity index (χ1) is 12.6. The molecule has 0 saturated carbocycles. The number of carbonyl (C=O) groups excluding carboxylic acids is 1. The Morgan fingerprint density at radius 1 is 1.08 bits per heavy atom. The number of rotatable bonds is 4. The third-order valence-electron chi connectivity index (χ3n) is 3.51. The number of halogens is 2. The summed E-state index contributed by atoms with van der Waals surface area (Å²) in [5.41, 5.74) is 1.12. The smallest absolute Gasteiger partial charge is 0.266 e. The number of nitrogens with zero attached hydrogens (tertiary/aromatic N) is 1. The predicted octanol–water partition coefficient (Wildman–Crippen LogP) is 5.80. The van der Waals surface area contributed by atoms with Gasteiger partial charge in [-0.25, -0.2) is 0 Å². The molecule has 3 aromatic rings. The first-order valence-electron chi connectivity index (χ1n) is 7.60. The number of benzene rings is 2. The largest absolute Gasteiger partial charge is 0.457 e. The summed E-state index contributed by atoms with van der Waals surface area (Å²) in [6.45, 7) is 0. The standard InChI is InChI=1S/C20H12Cl2N2O2/c21-15-6-8-17(22)18(11-15)24-20(25)14(12-23)10-16-7-9-19(26-16)13-4-2-1-3-5-13/h1-11H,(H,24,25)/b14-10+. The van der Waals surface area contributed by atoms with E-state index in [4.69, 9.17) is 27.6 Å². The van der Waals surface area contributed by atoms with Gasteiger partial charge in [-0.2, -0.15) is 5.26 Å². The highest BCUT2D eigenvalue weighted by atomic mass is 35.5. The van der Waals surface area contributed by atoms with Gasteiger partial charge in [-0.3, -0.25) is 4.79 Å². The van der Waals surface area contributed by atoms with Crippen LogP contribution in [0.1, 0.15) is 5.76 Å². The van der Waals surface area contributed by atoms with Gasteiger partial charge < -0.3 is 9.73 Å². The Morgan fingerprint density at radius 3 is 2.58 bits per heavy atom. The van der Waals surface area contributed by atoms with Gasteiger partial charge in [0.2, 0.25) is 0 Å². The molecule has 0 aliphatic carbocycles. The summed E-state index contributed by atoms with van der Waals surface area (Å²) in [5, 5.41) is 12.6. The van der Waals surface area contributed by atoms with Gasteiger partial charge in [0.1, 0.15) is 23.2 Å². The summed E-state index contributed by atoms with van der Waals surface area (Å²) in [6, 6.07) is 19.5. The van der Waals surface area contributed by atoms with Crippen LogP contribution in [-0.2, 0) is 4.79 Å². The Kier molecular flexibility index (Phi) is 5.43. The topological polar surface area (TPSA) is 66.0 Å². The highest BCUT2D eigenvalue weighted by Gasteiger charge is 2.13. The van der Waals surface area contributed by atoms with Crippen LogP contribution in [0.25, 0.3) is 17.4 Å². The SMILES string of the molecule is N#C/C(=C\c1ccc(-c2ccccc2)o1)C(=O)Nc1cc(Cl)ccc1Cl. The van der Waals surface area contributed by atoms with Crippen LogP contribution in [0.4, 0.5) is 5.69 Å². The third kappa shape index (κ3) is 4.15. The van der Waals surface area contributed by atoms with Gasteiger partial charge in [0.25, 0.3) is 5.91 Å². The maximum atomic E-state index is 12.3. The van der Waals surface area contributed by atoms with Crippen LogP contribution in [0.15, 0.2) is 70.7 Å². The van der Waals surface area contributed by atoms with Crippen molar-refractivity contribution in [3.63, 3.8) is 0 Å². The van der Waals surface area contributed by atoms with Crippen molar-refractivity contribution < 1.29 is 9.21 Å². The quantitative estimate of drug-likeness (QED) is 0.457. The number of nitriles is 1. The molecule has 0 radical (unpaired) electrons. The van der Waals surface area contributed by atoms with Gasteiger partial charge in [0.05, 0.1) is 10.7 Å². The molecule has 0 bridgehead atoms. The first-order valence-corrected chi connectivity index (χ1v) is 8.36. The van der Waals surface area contributed by atoms with Crippen molar-refractivity contribution in [3.05, 3.63) is 82.0 Å². The zero-order valence-electron chi connectivity index (χ0n) is 13.4. The van der Waals surface area contributed by atoms with Crippen molar-refractivity contribution in [2.24, 2.45) is 0 Å². The molecule has 1 heterocycles. The average Bonchev–Trinajstić information content (AvgIpc) is 3.12. The minimum Gasteiger partial charge on any atom is -0.457 e. The molecule has 1 amide bonds. The van der Waals surface area contributed by atoms with Crippen molar-refractivity contribution in [2.45, 2.75) is 0 Å². The molecule has 128 valence electrons.